The number of aliphatic hydroxyl groups is 1. The molecule has 1 N–H and O–H groups in total. The van der Waals surface area contributed by atoms with Crippen LogP contribution in [0.1, 0.15) is 43.2 Å². The molecule has 0 aliphatic heterocycles. The number of aryl methyl sites for hydroxylation is 2. The molecule has 106 valence electrons. The second-order valence-electron chi connectivity index (χ2n) is 5.72. The fourth-order valence-corrected chi connectivity index (χ4v) is 2.99. The Labute approximate surface area is 120 Å². The molecule has 1 atom stereocenters. The molecule has 19 heavy (non-hydrogen) atoms. The van der Waals surface area contributed by atoms with E-state index in [-0.39, 0.29) is 6.10 Å². The molecule has 1 fully saturated rings. The van der Waals surface area contributed by atoms with Gasteiger partial charge >= 0.3 is 0 Å². The molecule has 0 bridgehead atoms. The van der Waals surface area contributed by atoms with Gasteiger partial charge in [0.25, 0.3) is 0 Å². The normalized spacial score (nSPS) is 17.7. The molecule has 2 nitrogen and oxygen atoms in total. The molecular formula is C16H23ClO2. The number of aliphatic hydroxyl groups excluding tert-OH is 1. The van der Waals surface area contributed by atoms with E-state index in [9.17, 15) is 5.11 Å². The minimum absolute atomic E-state index is 0.362. The van der Waals surface area contributed by atoms with E-state index in [0.29, 0.717) is 12.5 Å². The van der Waals surface area contributed by atoms with Gasteiger partial charge in [-0.15, -0.1) is 0 Å². The van der Waals surface area contributed by atoms with E-state index < -0.39 is 0 Å². The van der Waals surface area contributed by atoms with Gasteiger partial charge in [-0.1, -0.05) is 37.3 Å². The standard InChI is InChI=1S/C16H23ClO2/c1-11-7-15(8-12(2)16(11)17)19-10-14(18)9-13-5-3-4-6-13/h7-8,13-14,18H,3-6,9-10H2,1-2H3. The van der Waals surface area contributed by atoms with Crippen LogP contribution in [-0.4, -0.2) is 17.8 Å². The number of rotatable bonds is 5. The van der Waals surface area contributed by atoms with Crippen LogP contribution in [0.5, 0.6) is 5.75 Å². The first-order chi connectivity index (χ1) is 9.06. The van der Waals surface area contributed by atoms with Gasteiger partial charge in [-0.2, -0.15) is 0 Å². The van der Waals surface area contributed by atoms with Crippen molar-refractivity contribution >= 4 is 11.6 Å². The molecule has 1 aromatic rings. The highest BCUT2D eigenvalue weighted by Crippen LogP contribution is 2.29. The highest BCUT2D eigenvalue weighted by atomic mass is 35.5. The average molecular weight is 283 g/mol. The summed E-state index contributed by atoms with van der Waals surface area (Å²) in [6.07, 6.45) is 5.65. The number of benzene rings is 1. The van der Waals surface area contributed by atoms with Crippen molar-refractivity contribution in [3.8, 4) is 5.75 Å². The van der Waals surface area contributed by atoms with Gasteiger partial charge in [-0.25, -0.2) is 0 Å². The van der Waals surface area contributed by atoms with Crippen LogP contribution in [0, 0.1) is 19.8 Å². The zero-order valence-electron chi connectivity index (χ0n) is 11.8. The van der Waals surface area contributed by atoms with Crippen molar-refractivity contribution in [2.75, 3.05) is 6.61 Å². The molecule has 1 aromatic carbocycles. The van der Waals surface area contributed by atoms with Crippen molar-refractivity contribution in [1.82, 2.24) is 0 Å². The maximum Gasteiger partial charge on any atom is 0.120 e. The lowest BCUT2D eigenvalue weighted by molar-refractivity contribution is 0.0855. The first-order valence-electron chi connectivity index (χ1n) is 7.14. The molecule has 0 saturated heterocycles. The van der Waals surface area contributed by atoms with Crippen LogP contribution >= 0.6 is 11.6 Å². The van der Waals surface area contributed by atoms with E-state index in [1.54, 1.807) is 0 Å². The molecular weight excluding hydrogens is 260 g/mol. The van der Waals surface area contributed by atoms with E-state index >= 15 is 0 Å². The molecule has 1 unspecified atom stereocenters. The predicted molar refractivity (Wildman–Crippen MR) is 79.0 cm³/mol. The van der Waals surface area contributed by atoms with Gasteiger partial charge in [-0.05, 0) is 49.4 Å². The number of ether oxygens (including phenoxy) is 1. The Hall–Kier alpha value is -0.730. The van der Waals surface area contributed by atoms with E-state index in [1.807, 2.05) is 26.0 Å². The van der Waals surface area contributed by atoms with Crippen LogP contribution in [0.4, 0.5) is 0 Å². The zero-order chi connectivity index (χ0) is 13.8. The summed E-state index contributed by atoms with van der Waals surface area (Å²) in [6, 6.07) is 3.86. The van der Waals surface area contributed by atoms with Crippen molar-refractivity contribution < 1.29 is 9.84 Å². The van der Waals surface area contributed by atoms with Crippen molar-refractivity contribution in [3.05, 3.63) is 28.3 Å². The lowest BCUT2D eigenvalue weighted by Gasteiger charge is -2.17. The van der Waals surface area contributed by atoms with Gasteiger partial charge in [0.05, 0.1) is 6.10 Å². The Kier molecular flexibility index (Phi) is 5.12. The smallest absolute Gasteiger partial charge is 0.120 e. The molecule has 0 aromatic heterocycles. The second-order valence-corrected chi connectivity index (χ2v) is 6.10. The van der Waals surface area contributed by atoms with Crippen LogP contribution in [0.3, 0.4) is 0 Å². The van der Waals surface area contributed by atoms with Gasteiger partial charge in [0, 0.05) is 5.02 Å². The van der Waals surface area contributed by atoms with Gasteiger partial charge in [-0.3, -0.25) is 0 Å². The van der Waals surface area contributed by atoms with Gasteiger partial charge in [0.2, 0.25) is 0 Å². The summed E-state index contributed by atoms with van der Waals surface area (Å²) in [5, 5.41) is 10.8. The van der Waals surface area contributed by atoms with Gasteiger partial charge in [0.15, 0.2) is 0 Å². The van der Waals surface area contributed by atoms with Gasteiger partial charge in [0.1, 0.15) is 12.4 Å². The van der Waals surface area contributed by atoms with Crippen LogP contribution in [0.25, 0.3) is 0 Å². The Morgan fingerprint density at radius 1 is 1.26 bits per heavy atom. The molecule has 0 heterocycles. The lowest BCUT2D eigenvalue weighted by atomic mass is 10.0. The SMILES string of the molecule is Cc1cc(OCC(O)CC2CCCC2)cc(C)c1Cl. The number of hydrogen-bond acceptors (Lipinski definition) is 2. The largest absolute Gasteiger partial charge is 0.491 e. The van der Waals surface area contributed by atoms with Crippen molar-refractivity contribution in [2.24, 2.45) is 5.92 Å². The summed E-state index contributed by atoms with van der Waals surface area (Å²) in [5.41, 5.74) is 2.03. The molecule has 3 heteroatoms. The summed E-state index contributed by atoms with van der Waals surface area (Å²) >= 11 is 6.12. The van der Waals surface area contributed by atoms with Crippen LogP contribution in [0.15, 0.2) is 12.1 Å². The highest BCUT2D eigenvalue weighted by molar-refractivity contribution is 6.32. The van der Waals surface area contributed by atoms with Gasteiger partial charge < -0.3 is 9.84 Å². The summed E-state index contributed by atoms with van der Waals surface area (Å²) in [4.78, 5) is 0. The zero-order valence-corrected chi connectivity index (χ0v) is 12.5. The Balaban J connectivity index is 1.84. The average Bonchev–Trinajstić information content (AvgIpc) is 2.86. The molecule has 1 aliphatic carbocycles. The fraction of sp³-hybridized carbons (Fsp3) is 0.625. The molecule has 1 aliphatic rings. The molecule has 1 saturated carbocycles. The maximum absolute atomic E-state index is 10.0. The molecule has 0 radical (unpaired) electrons. The molecule has 0 amide bonds. The first-order valence-corrected chi connectivity index (χ1v) is 7.51. The van der Waals surface area contributed by atoms with Crippen LogP contribution in [0.2, 0.25) is 5.02 Å². The minimum Gasteiger partial charge on any atom is -0.491 e. The Morgan fingerprint density at radius 3 is 2.42 bits per heavy atom. The number of hydrogen-bond donors (Lipinski definition) is 1. The van der Waals surface area contributed by atoms with Crippen molar-refractivity contribution in [1.29, 1.82) is 0 Å². The van der Waals surface area contributed by atoms with Crippen molar-refractivity contribution in [3.63, 3.8) is 0 Å². The summed E-state index contributed by atoms with van der Waals surface area (Å²) < 4.78 is 5.69. The lowest BCUT2D eigenvalue weighted by Crippen LogP contribution is -2.20. The van der Waals surface area contributed by atoms with Crippen molar-refractivity contribution in [2.45, 2.75) is 52.1 Å². The van der Waals surface area contributed by atoms with Crippen LogP contribution in [-0.2, 0) is 0 Å². The van der Waals surface area contributed by atoms with E-state index in [2.05, 4.69) is 0 Å². The third-order valence-corrected chi connectivity index (χ3v) is 4.53. The fourth-order valence-electron chi connectivity index (χ4n) is 2.88. The Bertz CT molecular complexity index is 402. The third kappa shape index (κ3) is 4.12. The summed E-state index contributed by atoms with van der Waals surface area (Å²) in [5.74, 6) is 1.48. The maximum atomic E-state index is 10.0. The monoisotopic (exact) mass is 282 g/mol. The second kappa shape index (κ2) is 6.62. The first kappa shape index (κ1) is 14.7. The van der Waals surface area contributed by atoms with E-state index in [1.165, 1.54) is 25.7 Å². The van der Waals surface area contributed by atoms with E-state index in [4.69, 9.17) is 16.3 Å². The molecule has 2 rings (SSSR count). The Morgan fingerprint density at radius 2 is 1.84 bits per heavy atom. The topological polar surface area (TPSA) is 29.5 Å². The van der Waals surface area contributed by atoms with Crippen LogP contribution < -0.4 is 4.74 Å². The quantitative estimate of drug-likeness (QED) is 0.873. The highest BCUT2D eigenvalue weighted by Gasteiger charge is 2.19. The summed E-state index contributed by atoms with van der Waals surface area (Å²) in [7, 11) is 0. The number of halogens is 1. The van der Waals surface area contributed by atoms with E-state index in [0.717, 1.165) is 28.3 Å². The third-order valence-electron chi connectivity index (χ3n) is 3.93. The molecule has 0 spiro atoms. The predicted octanol–water partition coefficient (Wildman–Crippen LogP) is 4.28. The minimum atomic E-state index is -0.362. The summed E-state index contributed by atoms with van der Waals surface area (Å²) in [6.45, 7) is 4.31.